The molecule has 0 bridgehead atoms. The Hall–Kier alpha value is -1.18. The number of Topliss-reactive ketones (excluding diaryl/α,β-unsaturated/α-hetero) is 1. The molecule has 1 aliphatic rings. The summed E-state index contributed by atoms with van der Waals surface area (Å²) in [6.07, 6.45) is 4.06. The number of aryl methyl sites for hydroxylation is 1. The van der Waals surface area contributed by atoms with Crippen molar-refractivity contribution >= 4 is 5.78 Å². The zero-order valence-corrected chi connectivity index (χ0v) is 8.71. The van der Waals surface area contributed by atoms with Crippen molar-refractivity contribution in [2.24, 2.45) is 0 Å². The van der Waals surface area contributed by atoms with Gasteiger partial charge in [-0.05, 0) is 29.5 Å². The van der Waals surface area contributed by atoms with E-state index in [1.165, 1.54) is 5.56 Å². The molecule has 0 saturated heterocycles. The molecule has 0 N–H and O–H groups in total. The molecular formula is C12H15NO. The lowest BCUT2D eigenvalue weighted by molar-refractivity contribution is -0.118. The summed E-state index contributed by atoms with van der Waals surface area (Å²) in [7, 11) is 0. The van der Waals surface area contributed by atoms with E-state index < -0.39 is 0 Å². The number of hydrogen-bond donors (Lipinski definition) is 0. The number of fused-ring (bicyclic) bond motifs is 1. The lowest BCUT2D eigenvalue weighted by Crippen LogP contribution is -2.14. The number of carbonyl (C=O) groups excluding carboxylic acids is 1. The summed E-state index contributed by atoms with van der Waals surface area (Å²) >= 11 is 0. The summed E-state index contributed by atoms with van der Waals surface area (Å²) in [5, 5.41) is 0. The van der Waals surface area contributed by atoms with E-state index in [1.54, 1.807) is 0 Å². The van der Waals surface area contributed by atoms with Crippen LogP contribution in [0.25, 0.3) is 0 Å². The Bertz CT molecular complexity index is 369. The molecule has 0 aliphatic heterocycles. The first-order chi connectivity index (χ1) is 6.66. The molecule has 0 atom stereocenters. The normalized spacial score (nSPS) is 15.8. The average molecular weight is 189 g/mol. The first-order valence-corrected chi connectivity index (χ1v) is 5.16. The predicted octanol–water partition coefficient (Wildman–Crippen LogP) is 2.26. The minimum Gasteiger partial charge on any atom is -0.299 e. The molecule has 2 rings (SSSR count). The summed E-state index contributed by atoms with van der Waals surface area (Å²) in [4.78, 5) is 15.6. The van der Waals surface area contributed by atoms with Crippen LogP contribution in [0.3, 0.4) is 0 Å². The van der Waals surface area contributed by atoms with E-state index in [2.05, 4.69) is 24.9 Å². The molecule has 2 nitrogen and oxygen atoms in total. The van der Waals surface area contributed by atoms with E-state index in [0.717, 1.165) is 17.7 Å². The third-order valence-corrected chi connectivity index (χ3v) is 2.76. The highest BCUT2D eigenvalue weighted by Gasteiger charge is 2.16. The molecule has 0 amide bonds. The quantitative estimate of drug-likeness (QED) is 0.678. The zero-order valence-electron chi connectivity index (χ0n) is 8.71. The van der Waals surface area contributed by atoms with Gasteiger partial charge in [0.2, 0.25) is 0 Å². The van der Waals surface area contributed by atoms with Gasteiger partial charge in [0.05, 0.1) is 0 Å². The average Bonchev–Trinajstić information content (AvgIpc) is 2.16. The van der Waals surface area contributed by atoms with Gasteiger partial charge < -0.3 is 0 Å². The molecule has 0 saturated carbocycles. The Balaban J connectivity index is 2.36. The Labute approximate surface area is 84.4 Å². The molecule has 0 aromatic carbocycles. The van der Waals surface area contributed by atoms with E-state index in [9.17, 15) is 4.79 Å². The van der Waals surface area contributed by atoms with Crippen LogP contribution in [0.15, 0.2) is 12.3 Å². The number of nitrogens with zero attached hydrogens (tertiary/aromatic N) is 1. The molecule has 1 heterocycles. The number of aromatic nitrogens is 1. The van der Waals surface area contributed by atoms with Crippen molar-refractivity contribution < 1.29 is 4.79 Å². The smallest absolute Gasteiger partial charge is 0.137 e. The number of hydrogen-bond acceptors (Lipinski definition) is 2. The van der Waals surface area contributed by atoms with Crippen molar-refractivity contribution in [2.45, 2.75) is 39.0 Å². The lowest BCUT2D eigenvalue weighted by atomic mass is 9.91. The Morgan fingerprint density at radius 3 is 2.79 bits per heavy atom. The van der Waals surface area contributed by atoms with Gasteiger partial charge >= 0.3 is 0 Å². The molecule has 74 valence electrons. The van der Waals surface area contributed by atoms with E-state index in [-0.39, 0.29) is 0 Å². The fraction of sp³-hybridized carbons (Fsp3) is 0.500. The second-order valence-corrected chi connectivity index (χ2v) is 4.25. The second-order valence-electron chi connectivity index (χ2n) is 4.25. The fourth-order valence-corrected chi connectivity index (χ4v) is 1.83. The van der Waals surface area contributed by atoms with E-state index in [4.69, 9.17) is 0 Å². The predicted molar refractivity (Wildman–Crippen MR) is 55.4 cm³/mol. The van der Waals surface area contributed by atoms with Crippen LogP contribution in [-0.4, -0.2) is 10.8 Å². The van der Waals surface area contributed by atoms with Crippen molar-refractivity contribution in [3.05, 3.63) is 29.1 Å². The van der Waals surface area contributed by atoms with Crippen LogP contribution in [0.5, 0.6) is 0 Å². The standard InChI is InChI=1S/C12H15NO/c1-8(2)12-6-9-3-4-11(14)5-10(9)7-13-12/h6-8H,3-5H2,1-2H3. The van der Waals surface area contributed by atoms with E-state index >= 15 is 0 Å². The van der Waals surface area contributed by atoms with Crippen LogP contribution < -0.4 is 0 Å². The maximum Gasteiger partial charge on any atom is 0.137 e. The fourth-order valence-electron chi connectivity index (χ4n) is 1.83. The third kappa shape index (κ3) is 1.69. The first-order valence-electron chi connectivity index (χ1n) is 5.16. The Kier molecular flexibility index (Phi) is 2.36. The van der Waals surface area contributed by atoms with E-state index in [1.807, 2.05) is 6.20 Å². The number of ketones is 1. The molecule has 1 aromatic rings. The van der Waals surface area contributed by atoms with Gasteiger partial charge in [-0.15, -0.1) is 0 Å². The van der Waals surface area contributed by atoms with Crippen LogP contribution in [0, 0.1) is 0 Å². The van der Waals surface area contributed by atoms with Crippen LogP contribution in [0.1, 0.15) is 43.0 Å². The second kappa shape index (κ2) is 3.52. The molecule has 14 heavy (non-hydrogen) atoms. The molecule has 0 spiro atoms. The van der Waals surface area contributed by atoms with Gasteiger partial charge in [-0.1, -0.05) is 13.8 Å². The van der Waals surface area contributed by atoms with Crippen molar-refractivity contribution in [1.29, 1.82) is 0 Å². The van der Waals surface area contributed by atoms with Crippen molar-refractivity contribution in [3.63, 3.8) is 0 Å². The van der Waals surface area contributed by atoms with Crippen LogP contribution in [0.2, 0.25) is 0 Å². The Morgan fingerprint density at radius 2 is 2.07 bits per heavy atom. The topological polar surface area (TPSA) is 30.0 Å². The molecule has 2 heteroatoms. The van der Waals surface area contributed by atoms with Gasteiger partial charge in [0, 0.05) is 24.7 Å². The number of pyridine rings is 1. The highest BCUT2D eigenvalue weighted by atomic mass is 16.1. The van der Waals surface area contributed by atoms with Gasteiger partial charge in [-0.25, -0.2) is 0 Å². The van der Waals surface area contributed by atoms with Crippen LogP contribution in [0.4, 0.5) is 0 Å². The van der Waals surface area contributed by atoms with Gasteiger partial charge in [0.15, 0.2) is 0 Å². The summed E-state index contributed by atoms with van der Waals surface area (Å²) in [6, 6.07) is 2.16. The highest BCUT2D eigenvalue weighted by Crippen LogP contribution is 2.21. The number of carbonyl (C=O) groups is 1. The molecule has 1 aliphatic carbocycles. The molecule has 0 radical (unpaired) electrons. The summed E-state index contributed by atoms with van der Waals surface area (Å²) in [6.45, 7) is 4.28. The monoisotopic (exact) mass is 189 g/mol. The van der Waals surface area contributed by atoms with Crippen LogP contribution >= 0.6 is 0 Å². The van der Waals surface area contributed by atoms with Crippen LogP contribution in [-0.2, 0) is 17.6 Å². The minimum absolute atomic E-state index is 0.344. The van der Waals surface area contributed by atoms with Gasteiger partial charge in [0.1, 0.15) is 5.78 Å². The first kappa shape index (κ1) is 9.38. The molecule has 0 fully saturated rings. The zero-order chi connectivity index (χ0) is 10.1. The Morgan fingerprint density at radius 1 is 1.29 bits per heavy atom. The van der Waals surface area contributed by atoms with Crippen molar-refractivity contribution in [3.8, 4) is 0 Å². The highest BCUT2D eigenvalue weighted by molar-refractivity contribution is 5.83. The SMILES string of the molecule is CC(C)c1cc2c(cn1)CC(=O)CC2. The molecule has 1 aromatic heterocycles. The summed E-state index contributed by atoms with van der Waals surface area (Å²) in [5.74, 6) is 0.814. The minimum atomic E-state index is 0.344. The maximum atomic E-state index is 11.2. The lowest BCUT2D eigenvalue weighted by Gasteiger charge is -2.16. The maximum absolute atomic E-state index is 11.2. The van der Waals surface area contributed by atoms with Gasteiger partial charge in [0.25, 0.3) is 0 Å². The molecular weight excluding hydrogens is 174 g/mol. The van der Waals surface area contributed by atoms with Gasteiger partial charge in [-0.2, -0.15) is 0 Å². The van der Waals surface area contributed by atoms with Gasteiger partial charge in [-0.3, -0.25) is 9.78 Å². The van der Waals surface area contributed by atoms with Crippen molar-refractivity contribution in [1.82, 2.24) is 4.98 Å². The largest absolute Gasteiger partial charge is 0.299 e. The summed E-state index contributed by atoms with van der Waals surface area (Å²) in [5.41, 5.74) is 3.59. The number of rotatable bonds is 1. The van der Waals surface area contributed by atoms with E-state index in [0.29, 0.717) is 24.5 Å². The summed E-state index contributed by atoms with van der Waals surface area (Å²) < 4.78 is 0. The third-order valence-electron chi connectivity index (χ3n) is 2.76. The van der Waals surface area contributed by atoms with Crippen molar-refractivity contribution in [2.75, 3.05) is 0 Å². The molecule has 0 unspecified atom stereocenters.